The van der Waals surface area contributed by atoms with Gasteiger partial charge in [-0.3, -0.25) is 0 Å². The van der Waals surface area contributed by atoms with Crippen molar-refractivity contribution < 1.29 is 13.9 Å². The van der Waals surface area contributed by atoms with E-state index < -0.39 is 6.09 Å². The second kappa shape index (κ2) is 6.42. The molecule has 0 saturated carbocycles. The zero-order valence-corrected chi connectivity index (χ0v) is 10.1. The van der Waals surface area contributed by atoms with Crippen molar-refractivity contribution in [3.63, 3.8) is 0 Å². The lowest BCUT2D eigenvalue weighted by Crippen LogP contribution is -2.26. The number of amides is 1. The number of primary amides is 1. The summed E-state index contributed by atoms with van der Waals surface area (Å²) in [6.45, 7) is 2.50. The van der Waals surface area contributed by atoms with Crippen LogP contribution in [-0.4, -0.2) is 19.2 Å². The number of nitrogens with two attached hydrogens (primary N) is 1. The largest absolute Gasteiger partial charge is 0.448 e. The minimum absolute atomic E-state index is 0.0698. The van der Waals surface area contributed by atoms with Crippen molar-refractivity contribution >= 4 is 17.7 Å². The van der Waals surface area contributed by atoms with Gasteiger partial charge in [-0.25, -0.2) is 9.18 Å². The highest BCUT2D eigenvalue weighted by Crippen LogP contribution is 2.23. The number of hydrogen-bond donors (Lipinski definition) is 2. The predicted molar refractivity (Wildman–Crippen MR) is 63.4 cm³/mol. The maximum atomic E-state index is 12.8. The summed E-state index contributed by atoms with van der Waals surface area (Å²) in [7, 11) is 0. The Bertz CT molecular complexity index is 401. The number of benzene rings is 1. The molecule has 1 amide bonds. The molecule has 17 heavy (non-hydrogen) atoms. The first-order valence-corrected chi connectivity index (χ1v) is 5.49. The quantitative estimate of drug-likeness (QED) is 0.798. The number of carbonyl (C=O) groups excluding carboxylic acids is 1. The van der Waals surface area contributed by atoms with Gasteiger partial charge < -0.3 is 15.8 Å². The van der Waals surface area contributed by atoms with E-state index in [-0.39, 0.29) is 18.5 Å². The van der Waals surface area contributed by atoms with Crippen LogP contribution < -0.4 is 11.1 Å². The Morgan fingerprint density at radius 1 is 1.65 bits per heavy atom. The highest BCUT2D eigenvalue weighted by Gasteiger charge is 2.09. The lowest BCUT2D eigenvalue weighted by molar-refractivity contribution is 0.156. The molecule has 0 aliphatic rings. The molecule has 0 fully saturated rings. The van der Waals surface area contributed by atoms with E-state index in [1.807, 2.05) is 6.92 Å². The van der Waals surface area contributed by atoms with Gasteiger partial charge in [-0.2, -0.15) is 0 Å². The normalized spacial score (nSPS) is 12.2. The van der Waals surface area contributed by atoms with Crippen LogP contribution in [-0.2, 0) is 4.74 Å². The lowest BCUT2D eigenvalue weighted by Gasteiger charge is -2.15. The highest BCUT2D eigenvalue weighted by atomic mass is 35.5. The van der Waals surface area contributed by atoms with Crippen molar-refractivity contribution in [2.75, 3.05) is 13.2 Å². The van der Waals surface area contributed by atoms with E-state index >= 15 is 0 Å². The molecule has 0 bridgehead atoms. The van der Waals surface area contributed by atoms with E-state index in [0.717, 1.165) is 5.56 Å². The molecule has 1 rings (SSSR count). The molecule has 0 aromatic heterocycles. The maximum absolute atomic E-state index is 12.8. The average Bonchev–Trinajstić information content (AvgIpc) is 2.23. The molecule has 0 spiro atoms. The minimum atomic E-state index is -0.806. The fourth-order valence-electron chi connectivity index (χ4n) is 1.39. The molecule has 0 radical (unpaired) electrons. The van der Waals surface area contributed by atoms with Crippen LogP contribution in [0, 0.1) is 5.82 Å². The molecule has 4 nitrogen and oxygen atoms in total. The van der Waals surface area contributed by atoms with Gasteiger partial charge in [0.25, 0.3) is 0 Å². The van der Waals surface area contributed by atoms with E-state index in [2.05, 4.69) is 10.1 Å². The van der Waals surface area contributed by atoms with Crippen molar-refractivity contribution in [1.29, 1.82) is 0 Å². The number of carbonyl (C=O) groups is 1. The number of halogens is 2. The van der Waals surface area contributed by atoms with Gasteiger partial charge >= 0.3 is 6.09 Å². The van der Waals surface area contributed by atoms with Gasteiger partial charge in [-0.1, -0.05) is 17.7 Å². The van der Waals surface area contributed by atoms with Crippen LogP contribution in [0.5, 0.6) is 0 Å². The van der Waals surface area contributed by atoms with Crippen LogP contribution >= 0.6 is 11.6 Å². The zero-order chi connectivity index (χ0) is 12.8. The molecule has 0 aliphatic heterocycles. The van der Waals surface area contributed by atoms with E-state index in [4.69, 9.17) is 17.3 Å². The third-order valence-corrected chi connectivity index (χ3v) is 2.55. The highest BCUT2D eigenvalue weighted by molar-refractivity contribution is 6.31. The van der Waals surface area contributed by atoms with E-state index in [9.17, 15) is 9.18 Å². The molecular formula is C11H14ClFN2O2. The third-order valence-electron chi connectivity index (χ3n) is 2.23. The Morgan fingerprint density at radius 2 is 2.35 bits per heavy atom. The number of hydrogen-bond acceptors (Lipinski definition) is 3. The van der Waals surface area contributed by atoms with Crippen LogP contribution in [0.4, 0.5) is 9.18 Å². The van der Waals surface area contributed by atoms with Gasteiger partial charge in [0.05, 0.1) is 0 Å². The van der Waals surface area contributed by atoms with Crippen LogP contribution in [0.15, 0.2) is 18.2 Å². The molecular weight excluding hydrogens is 247 g/mol. The summed E-state index contributed by atoms with van der Waals surface area (Å²) in [5.41, 5.74) is 5.59. The van der Waals surface area contributed by atoms with Crippen molar-refractivity contribution in [2.45, 2.75) is 13.0 Å². The number of rotatable bonds is 5. The van der Waals surface area contributed by atoms with Gasteiger partial charge in [0.15, 0.2) is 0 Å². The smallest absolute Gasteiger partial charge is 0.404 e. The third kappa shape index (κ3) is 4.58. The van der Waals surface area contributed by atoms with E-state index in [1.165, 1.54) is 12.1 Å². The van der Waals surface area contributed by atoms with Gasteiger partial charge in [0.2, 0.25) is 0 Å². The molecule has 1 unspecified atom stereocenters. The fourth-order valence-corrected chi connectivity index (χ4v) is 1.72. The van der Waals surface area contributed by atoms with Crippen molar-refractivity contribution in [2.24, 2.45) is 5.73 Å². The van der Waals surface area contributed by atoms with Crippen LogP contribution in [0.25, 0.3) is 0 Å². The summed E-state index contributed by atoms with van der Waals surface area (Å²) in [6, 6.07) is 4.15. The predicted octanol–water partition coefficient (Wildman–Crippen LogP) is 2.23. The molecule has 0 heterocycles. The van der Waals surface area contributed by atoms with Gasteiger partial charge in [-0.05, 0) is 24.6 Å². The van der Waals surface area contributed by atoms with Gasteiger partial charge in [0.1, 0.15) is 12.4 Å². The summed E-state index contributed by atoms with van der Waals surface area (Å²) in [5, 5.41) is 3.44. The van der Waals surface area contributed by atoms with Crippen LogP contribution in [0.2, 0.25) is 5.02 Å². The first-order chi connectivity index (χ1) is 8.00. The lowest BCUT2D eigenvalue weighted by atomic mass is 10.1. The first-order valence-electron chi connectivity index (χ1n) is 5.11. The fraction of sp³-hybridized carbons (Fsp3) is 0.364. The second-order valence-corrected chi connectivity index (χ2v) is 3.92. The Labute approximate surface area is 104 Å². The Morgan fingerprint density at radius 3 is 2.94 bits per heavy atom. The van der Waals surface area contributed by atoms with Crippen molar-refractivity contribution in [1.82, 2.24) is 5.32 Å². The molecule has 3 N–H and O–H groups in total. The van der Waals surface area contributed by atoms with E-state index in [0.29, 0.717) is 11.6 Å². The Balaban J connectivity index is 2.46. The zero-order valence-electron chi connectivity index (χ0n) is 9.37. The SMILES string of the molecule is CC(NCCOC(N)=O)c1ccc(F)cc1Cl. The molecule has 0 aliphatic carbocycles. The summed E-state index contributed by atoms with van der Waals surface area (Å²) < 4.78 is 17.4. The molecule has 1 aromatic rings. The second-order valence-electron chi connectivity index (χ2n) is 3.51. The van der Waals surface area contributed by atoms with Crippen LogP contribution in [0.1, 0.15) is 18.5 Å². The summed E-state index contributed by atoms with van der Waals surface area (Å²) in [6.07, 6.45) is -0.806. The van der Waals surface area contributed by atoms with Crippen molar-refractivity contribution in [3.05, 3.63) is 34.6 Å². The Kier molecular flexibility index (Phi) is 5.18. The first kappa shape index (κ1) is 13.7. The standard InChI is InChI=1S/C11H14ClFN2O2/c1-7(15-4-5-17-11(14)16)9-3-2-8(13)6-10(9)12/h2-3,6-7,15H,4-5H2,1H3,(H2,14,16). The summed E-state index contributed by atoms with van der Waals surface area (Å²) in [5.74, 6) is -0.372. The van der Waals surface area contributed by atoms with Crippen LogP contribution in [0.3, 0.4) is 0 Å². The van der Waals surface area contributed by atoms with Gasteiger partial charge in [-0.15, -0.1) is 0 Å². The monoisotopic (exact) mass is 260 g/mol. The van der Waals surface area contributed by atoms with Crippen molar-refractivity contribution in [3.8, 4) is 0 Å². The molecule has 94 valence electrons. The molecule has 6 heteroatoms. The topological polar surface area (TPSA) is 64.3 Å². The molecule has 0 saturated heterocycles. The Hall–Kier alpha value is -1.33. The minimum Gasteiger partial charge on any atom is -0.448 e. The summed E-state index contributed by atoms with van der Waals surface area (Å²) >= 11 is 5.90. The molecule has 1 atom stereocenters. The maximum Gasteiger partial charge on any atom is 0.404 e. The summed E-state index contributed by atoms with van der Waals surface area (Å²) in [4.78, 5) is 10.3. The molecule has 1 aromatic carbocycles. The number of ether oxygens (including phenoxy) is 1. The average molecular weight is 261 g/mol. The van der Waals surface area contributed by atoms with Gasteiger partial charge in [0, 0.05) is 17.6 Å². The van der Waals surface area contributed by atoms with E-state index in [1.54, 1.807) is 6.07 Å². The number of nitrogens with one attached hydrogen (secondary N) is 1.